The zero-order valence-corrected chi connectivity index (χ0v) is 13.1. The topological polar surface area (TPSA) is 50.8 Å². The largest absolute Gasteiger partial charge is 0.378 e. The smallest absolute Gasteiger partial charge is 0.317 e. The molecule has 3 fully saturated rings. The number of morpholine rings is 1. The average molecular weight is 296 g/mol. The van der Waals surface area contributed by atoms with E-state index in [1.54, 1.807) is 0 Å². The van der Waals surface area contributed by atoms with Gasteiger partial charge < -0.3 is 19.7 Å². The number of carbonyl (C=O) groups is 1. The summed E-state index contributed by atoms with van der Waals surface area (Å²) < 4.78 is 11.6. The van der Waals surface area contributed by atoms with E-state index in [4.69, 9.17) is 9.47 Å². The van der Waals surface area contributed by atoms with E-state index in [9.17, 15) is 4.79 Å². The first-order chi connectivity index (χ1) is 10.2. The Morgan fingerprint density at radius 1 is 1.33 bits per heavy atom. The molecule has 2 amide bonds. The van der Waals surface area contributed by atoms with E-state index in [0.29, 0.717) is 19.3 Å². The number of rotatable bonds is 3. The predicted molar refractivity (Wildman–Crippen MR) is 80.3 cm³/mol. The lowest BCUT2D eigenvalue weighted by Crippen LogP contribution is -2.56. The van der Waals surface area contributed by atoms with Crippen LogP contribution in [-0.2, 0) is 9.47 Å². The van der Waals surface area contributed by atoms with E-state index in [1.165, 1.54) is 12.8 Å². The van der Waals surface area contributed by atoms with Crippen LogP contribution in [-0.4, -0.2) is 55.0 Å². The van der Waals surface area contributed by atoms with E-state index < -0.39 is 0 Å². The van der Waals surface area contributed by atoms with Gasteiger partial charge in [-0.15, -0.1) is 0 Å². The van der Waals surface area contributed by atoms with Crippen LogP contribution in [0.15, 0.2) is 0 Å². The van der Waals surface area contributed by atoms with E-state index in [-0.39, 0.29) is 17.7 Å². The Kier molecular flexibility index (Phi) is 4.69. The van der Waals surface area contributed by atoms with Gasteiger partial charge in [-0.1, -0.05) is 12.8 Å². The Morgan fingerprint density at radius 3 is 2.86 bits per heavy atom. The van der Waals surface area contributed by atoms with Crippen LogP contribution >= 0.6 is 0 Å². The second-order valence-electron chi connectivity index (χ2n) is 6.88. The molecule has 3 rings (SSSR count). The van der Waals surface area contributed by atoms with Gasteiger partial charge in [-0.3, -0.25) is 0 Å². The molecule has 0 radical (unpaired) electrons. The van der Waals surface area contributed by atoms with Gasteiger partial charge in [0, 0.05) is 19.2 Å². The fourth-order valence-electron chi connectivity index (χ4n) is 3.93. The quantitative estimate of drug-likeness (QED) is 0.869. The fraction of sp³-hybridized carbons (Fsp3) is 0.938. The van der Waals surface area contributed by atoms with Crippen LogP contribution in [0.3, 0.4) is 0 Å². The second kappa shape index (κ2) is 6.53. The summed E-state index contributed by atoms with van der Waals surface area (Å²) >= 11 is 0. The summed E-state index contributed by atoms with van der Waals surface area (Å²) in [5.41, 5.74) is -0.0482. The van der Waals surface area contributed by atoms with Crippen molar-refractivity contribution < 1.29 is 14.3 Å². The maximum Gasteiger partial charge on any atom is 0.317 e. The molecule has 5 heteroatoms. The van der Waals surface area contributed by atoms with Gasteiger partial charge in [-0.05, 0) is 39.0 Å². The van der Waals surface area contributed by atoms with Crippen molar-refractivity contribution in [2.45, 2.75) is 69.6 Å². The van der Waals surface area contributed by atoms with E-state index in [2.05, 4.69) is 12.2 Å². The standard InChI is InChI=1S/C16H28N2O3/c1-13(11-14-5-4-9-20-14)17-15(19)18-8-10-21-16(12-18)6-2-3-7-16/h13-14H,2-12H2,1H3,(H,17,19)/t13-,14-/m1/s1. The first-order valence-corrected chi connectivity index (χ1v) is 8.48. The minimum absolute atomic E-state index is 0.0482. The Balaban J connectivity index is 1.47. The maximum atomic E-state index is 12.4. The van der Waals surface area contributed by atoms with Gasteiger partial charge in [-0.2, -0.15) is 0 Å². The molecule has 0 aromatic carbocycles. The van der Waals surface area contributed by atoms with Crippen LogP contribution in [0, 0.1) is 0 Å². The number of urea groups is 1. The highest BCUT2D eigenvalue weighted by Gasteiger charge is 2.40. The molecule has 1 spiro atoms. The third kappa shape index (κ3) is 3.69. The number of hydrogen-bond acceptors (Lipinski definition) is 3. The molecule has 120 valence electrons. The summed E-state index contributed by atoms with van der Waals surface area (Å²) in [7, 11) is 0. The Hall–Kier alpha value is -0.810. The number of nitrogens with zero attached hydrogens (tertiary/aromatic N) is 1. The molecule has 0 bridgehead atoms. The molecule has 2 saturated heterocycles. The lowest BCUT2D eigenvalue weighted by atomic mass is 10.00. The van der Waals surface area contributed by atoms with Gasteiger partial charge in [-0.25, -0.2) is 4.79 Å². The summed E-state index contributed by atoms with van der Waals surface area (Å²) in [6.45, 7) is 5.09. The van der Waals surface area contributed by atoms with Crippen molar-refractivity contribution in [3.05, 3.63) is 0 Å². The first kappa shape index (κ1) is 15.1. The van der Waals surface area contributed by atoms with Gasteiger partial charge in [0.15, 0.2) is 0 Å². The van der Waals surface area contributed by atoms with Gasteiger partial charge in [0.25, 0.3) is 0 Å². The number of hydrogen-bond donors (Lipinski definition) is 1. The summed E-state index contributed by atoms with van der Waals surface area (Å²) in [5.74, 6) is 0. The molecule has 3 aliphatic rings. The van der Waals surface area contributed by atoms with Crippen molar-refractivity contribution in [3.8, 4) is 0 Å². The number of amides is 2. The van der Waals surface area contributed by atoms with Crippen LogP contribution in [0.4, 0.5) is 4.79 Å². The van der Waals surface area contributed by atoms with Crippen LogP contribution in [0.5, 0.6) is 0 Å². The average Bonchev–Trinajstić information content (AvgIpc) is 3.11. The molecule has 2 atom stereocenters. The molecule has 1 saturated carbocycles. The maximum absolute atomic E-state index is 12.4. The van der Waals surface area contributed by atoms with E-state index in [0.717, 1.165) is 45.3 Å². The molecular weight excluding hydrogens is 268 g/mol. The molecule has 2 heterocycles. The first-order valence-electron chi connectivity index (χ1n) is 8.48. The Bertz CT molecular complexity index is 363. The van der Waals surface area contributed by atoms with Crippen LogP contribution in [0.1, 0.15) is 51.9 Å². The number of nitrogens with one attached hydrogen (secondary N) is 1. The highest BCUT2D eigenvalue weighted by molar-refractivity contribution is 5.74. The number of ether oxygens (including phenoxy) is 2. The molecular formula is C16H28N2O3. The lowest BCUT2D eigenvalue weighted by Gasteiger charge is -2.40. The molecule has 0 unspecified atom stereocenters. The van der Waals surface area contributed by atoms with Crippen LogP contribution in [0.2, 0.25) is 0 Å². The highest BCUT2D eigenvalue weighted by atomic mass is 16.5. The molecule has 2 aliphatic heterocycles. The molecule has 0 aromatic heterocycles. The van der Waals surface area contributed by atoms with Crippen molar-refractivity contribution in [2.24, 2.45) is 0 Å². The molecule has 0 aromatic rings. The van der Waals surface area contributed by atoms with E-state index in [1.807, 2.05) is 4.90 Å². The van der Waals surface area contributed by atoms with Gasteiger partial charge in [0.1, 0.15) is 0 Å². The van der Waals surface area contributed by atoms with Crippen molar-refractivity contribution in [1.29, 1.82) is 0 Å². The monoisotopic (exact) mass is 296 g/mol. The van der Waals surface area contributed by atoms with Gasteiger partial charge >= 0.3 is 6.03 Å². The zero-order chi connectivity index (χ0) is 14.7. The summed E-state index contributed by atoms with van der Waals surface area (Å²) in [4.78, 5) is 14.4. The molecule has 21 heavy (non-hydrogen) atoms. The van der Waals surface area contributed by atoms with Crippen LogP contribution < -0.4 is 5.32 Å². The minimum Gasteiger partial charge on any atom is -0.378 e. The molecule has 1 N–H and O–H groups in total. The van der Waals surface area contributed by atoms with Crippen molar-refractivity contribution in [1.82, 2.24) is 10.2 Å². The predicted octanol–water partition coefficient (Wildman–Crippen LogP) is 2.30. The van der Waals surface area contributed by atoms with Crippen molar-refractivity contribution >= 4 is 6.03 Å². The molecule has 1 aliphatic carbocycles. The summed E-state index contributed by atoms with van der Waals surface area (Å²) in [6, 6.07) is 0.234. The van der Waals surface area contributed by atoms with E-state index >= 15 is 0 Å². The normalized spacial score (nSPS) is 29.8. The minimum atomic E-state index is -0.0482. The fourth-order valence-corrected chi connectivity index (χ4v) is 3.93. The summed E-state index contributed by atoms with van der Waals surface area (Å²) in [5, 5.41) is 3.13. The Morgan fingerprint density at radius 2 is 2.14 bits per heavy atom. The lowest BCUT2D eigenvalue weighted by molar-refractivity contribution is -0.0927. The summed E-state index contributed by atoms with van der Waals surface area (Å²) in [6.07, 6.45) is 8.17. The van der Waals surface area contributed by atoms with Crippen molar-refractivity contribution in [3.63, 3.8) is 0 Å². The SMILES string of the molecule is C[C@H](C[C@H]1CCCO1)NC(=O)N1CCOC2(CCCC2)C1. The van der Waals surface area contributed by atoms with Gasteiger partial charge in [0.2, 0.25) is 0 Å². The van der Waals surface area contributed by atoms with Crippen LogP contribution in [0.25, 0.3) is 0 Å². The zero-order valence-electron chi connectivity index (χ0n) is 13.1. The number of carbonyl (C=O) groups excluding carboxylic acids is 1. The highest BCUT2D eigenvalue weighted by Crippen LogP contribution is 2.35. The third-order valence-corrected chi connectivity index (χ3v) is 5.06. The Labute approximate surface area is 127 Å². The second-order valence-corrected chi connectivity index (χ2v) is 6.88. The van der Waals surface area contributed by atoms with Crippen molar-refractivity contribution in [2.75, 3.05) is 26.3 Å². The third-order valence-electron chi connectivity index (χ3n) is 5.06. The van der Waals surface area contributed by atoms with Gasteiger partial charge in [0.05, 0.1) is 24.9 Å². The molecule has 5 nitrogen and oxygen atoms in total.